The molecule has 2 heterocycles. The molecular formula is C24H27N7O3. The van der Waals surface area contributed by atoms with Crippen molar-refractivity contribution in [3.63, 3.8) is 0 Å². The van der Waals surface area contributed by atoms with Gasteiger partial charge in [0.1, 0.15) is 5.82 Å². The molecule has 4 aromatic rings. The molecule has 0 fully saturated rings. The highest BCUT2D eigenvalue weighted by atomic mass is 16.4. The molecule has 1 amide bonds. The minimum Gasteiger partial charge on any atom is -0.423 e. The summed E-state index contributed by atoms with van der Waals surface area (Å²) in [5, 5.41) is 19.0. The van der Waals surface area contributed by atoms with E-state index in [-0.39, 0.29) is 24.2 Å². The molecule has 176 valence electrons. The Morgan fingerprint density at radius 3 is 2.53 bits per heavy atom. The standard InChI is InChI=1S/C16H17N7O2.C8H10O/c1-9-6-10(4-5-11(9)15(24)23(2)3)20-16-18-7-12(13(17)21-16)14-22-19-8-25-14;9-7-6-8-4-2-1-3-5-8/h4-8H,1-3H3,(H3,17,18,20,21);1-5,9H,6-7H2. The van der Waals surface area contributed by atoms with Crippen LogP contribution in [0.3, 0.4) is 0 Å². The van der Waals surface area contributed by atoms with E-state index in [2.05, 4.69) is 25.5 Å². The van der Waals surface area contributed by atoms with Crippen LogP contribution in [0.2, 0.25) is 0 Å². The Hall–Kier alpha value is -4.31. The van der Waals surface area contributed by atoms with Crippen LogP contribution in [0.25, 0.3) is 11.5 Å². The molecule has 0 bridgehead atoms. The van der Waals surface area contributed by atoms with E-state index in [1.54, 1.807) is 26.2 Å². The van der Waals surface area contributed by atoms with Crippen molar-refractivity contribution in [2.45, 2.75) is 13.3 Å². The maximum atomic E-state index is 12.1. The van der Waals surface area contributed by atoms with Gasteiger partial charge in [-0.25, -0.2) is 4.98 Å². The molecule has 4 N–H and O–H groups in total. The number of benzene rings is 2. The third-order valence-electron chi connectivity index (χ3n) is 4.77. The second-order valence-corrected chi connectivity index (χ2v) is 7.55. The molecule has 0 saturated heterocycles. The van der Waals surface area contributed by atoms with E-state index in [4.69, 9.17) is 15.3 Å². The second kappa shape index (κ2) is 11.5. The Labute approximate surface area is 197 Å². The molecule has 0 unspecified atom stereocenters. The second-order valence-electron chi connectivity index (χ2n) is 7.55. The number of aliphatic hydroxyl groups is 1. The van der Waals surface area contributed by atoms with Gasteiger partial charge in [0.05, 0.1) is 5.56 Å². The Balaban J connectivity index is 0.000000302. The van der Waals surface area contributed by atoms with Gasteiger partial charge in [0, 0.05) is 38.1 Å². The zero-order chi connectivity index (χ0) is 24.5. The van der Waals surface area contributed by atoms with Gasteiger partial charge in [0.2, 0.25) is 12.3 Å². The van der Waals surface area contributed by atoms with Crippen molar-refractivity contribution in [3.05, 3.63) is 77.8 Å². The number of nitrogens with zero attached hydrogens (tertiary/aromatic N) is 5. The lowest BCUT2D eigenvalue weighted by molar-refractivity contribution is 0.0827. The molecule has 0 saturated carbocycles. The van der Waals surface area contributed by atoms with Crippen LogP contribution in [-0.4, -0.2) is 56.8 Å². The number of hydrogen-bond donors (Lipinski definition) is 3. The van der Waals surface area contributed by atoms with Gasteiger partial charge in [-0.1, -0.05) is 30.3 Å². The summed E-state index contributed by atoms with van der Waals surface area (Å²) < 4.78 is 5.09. The smallest absolute Gasteiger partial charge is 0.253 e. The van der Waals surface area contributed by atoms with E-state index in [1.807, 2.05) is 43.3 Å². The highest BCUT2D eigenvalue weighted by Crippen LogP contribution is 2.24. The maximum absolute atomic E-state index is 12.1. The third-order valence-corrected chi connectivity index (χ3v) is 4.77. The molecule has 0 aliphatic heterocycles. The Morgan fingerprint density at radius 1 is 1.18 bits per heavy atom. The Kier molecular flexibility index (Phi) is 8.25. The topological polar surface area (TPSA) is 143 Å². The van der Waals surface area contributed by atoms with Gasteiger partial charge >= 0.3 is 0 Å². The lowest BCUT2D eigenvalue weighted by Crippen LogP contribution is -2.22. The number of carbonyl (C=O) groups excluding carboxylic acids is 1. The number of nitrogen functional groups attached to an aromatic ring is 1. The quantitative estimate of drug-likeness (QED) is 0.394. The molecule has 0 atom stereocenters. The van der Waals surface area contributed by atoms with Crippen molar-refractivity contribution in [2.24, 2.45) is 0 Å². The van der Waals surface area contributed by atoms with Crippen molar-refractivity contribution in [1.82, 2.24) is 25.1 Å². The Morgan fingerprint density at radius 2 is 1.94 bits per heavy atom. The average molecular weight is 462 g/mol. The molecule has 10 nitrogen and oxygen atoms in total. The monoisotopic (exact) mass is 461 g/mol. The van der Waals surface area contributed by atoms with Gasteiger partial charge < -0.3 is 25.5 Å². The number of amides is 1. The zero-order valence-corrected chi connectivity index (χ0v) is 19.3. The highest BCUT2D eigenvalue weighted by Gasteiger charge is 2.13. The van der Waals surface area contributed by atoms with Crippen LogP contribution in [0.5, 0.6) is 0 Å². The molecule has 10 heteroatoms. The van der Waals surface area contributed by atoms with Gasteiger partial charge in [0.25, 0.3) is 11.8 Å². The number of aromatic nitrogens is 4. The van der Waals surface area contributed by atoms with Crippen molar-refractivity contribution in [2.75, 3.05) is 31.8 Å². The van der Waals surface area contributed by atoms with Gasteiger partial charge in [-0.05, 0) is 42.7 Å². The third kappa shape index (κ3) is 6.36. The van der Waals surface area contributed by atoms with E-state index in [0.717, 1.165) is 17.7 Å². The van der Waals surface area contributed by atoms with Gasteiger partial charge in [-0.2, -0.15) is 4.98 Å². The summed E-state index contributed by atoms with van der Waals surface area (Å²) in [6.45, 7) is 2.11. The number of aliphatic hydroxyl groups excluding tert-OH is 1. The predicted molar refractivity (Wildman–Crippen MR) is 129 cm³/mol. The summed E-state index contributed by atoms with van der Waals surface area (Å²) in [6.07, 6.45) is 3.48. The fourth-order valence-corrected chi connectivity index (χ4v) is 3.04. The van der Waals surface area contributed by atoms with E-state index in [9.17, 15) is 4.79 Å². The molecule has 0 aliphatic carbocycles. The SMILES string of the molecule is Cc1cc(Nc2ncc(-c3nnco3)c(N)n2)ccc1C(=O)N(C)C.OCCc1ccccc1. The lowest BCUT2D eigenvalue weighted by atomic mass is 10.1. The van der Waals surface area contributed by atoms with Crippen molar-refractivity contribution in [3.8, 4) is 11.5 Å². The van der Waals surface area contributed by atoms with Crippen molar-refractivity contribution < 1.29 is 14.3 Å². The number of hydrogen-bond acceptors (Lipinski definition) is 9. The first kappa shape index (κ1) is 24.3. The first-order valence-electron chi connectivity index (χ1n) is 10.5. The Bertz CT molecular complexity index is 1210. The first-order valence-corrected chi connectivity index (χ1v) is 10.5. The molecule has 0 spiro atoms. The summed E-state index contributed by atoms with van der Waals surface area (Å²) in [5.74, 6) is 0.754. The predicted octanol–water partition coefficient (Wildman–Crippen LogP) is 3.08. The van der Waals surface area contributed by atoms with E-state index >= 15 is 0 Å². The minimum atomic E-state index is -0.0477. The molecule has 34 heavy (non-hydrogen) atoms. The fraction of sp³-hybridized carbons (Fsp3) is 0.208. The van der Waals surface area contributed by atoms with Crippen LogP contribution in [0, 0.1) is 6.92 Å². The first-order chi connectivity index (χ1) is 16.4. The lowest BCUT2D eigenvalue weighted by Gasteiger charge is -2.14. The molecule has 0 radical (unpaired) electrons. The largest absolute Gasteiger partial charge is 0.423 e. The van der Waals surface area contributed by atoms with Crippen molar-refractivity contribution >= 4 is 23.4 Å². The number of nitrogens with two attached hydrogens (primary N) is 1. The van der Waals surface area contributed by atoms with E-state index in [1.165, 1.54) is 23.1 Å². The molecule has 4 rings (SSSR count). The van der Waals surface area contributed by atoms with Gasteiger partial charge in [-0.3, -0.25) is 4.79 Å². The number of rotatable bonds is 6. The summed E-state index contributed by atoms with van der Waals surface area (Å²) in [4.78, 5) is 22.0. The van der Waals surface area contributed by atoms with Crippen LogP contribution in [0.4, 0.5) is 17.5 Å². The molecule has 0 aliphatic rings. The average Bonchev–Trinajstić information content (AvgIpc) is 3.35. The number of nitrogens with one attached hydrogen (secondary N) is 1. The highest BCUT2D eigenvalue weighted by molar-refractivity contribution is 5.95. The molecule has 2 aromatic carbocycles. The van der Waals surface area contributed by atoms with Crippen LogP contribution in [0.1, 0.15) is 21.5 Å². The maximum Gasteiger partial charge on any atom is 0.253 e. The van der Waals surface area contributed by atoms with Crippen LogP contribution in [-0.2, 0) is 6.42 Å². The van der Waals surface area contributed by atoms with Crippen LogP contribution >= 0.6 is 0 Å². The number of carbonyl (C=O) groups is 1. The summed E-state index contributed by atoms with van der Waals surface area (Å²) in [7, 11) is 3.44. The van der Waals surface area contributed by atoms with E-state index in [0.29, 0.717) is 17.1 Å². The summed E-state index contributed by atoms with van der Waals surface area (Å²) in [5.41, 5.74) is 9.82. The number of anilines is 3. The van der Waals surface area contributed by atoms with Crippen LogP contribution < -0.4 is 11.1 Å². The minimum absolute atomic E-state index is 0.0477. The van der Waals surface area contributed by atoms with Crippen LogP contribution in [0.15, 0.2) is 65.5 Å². The van der Waals surface area contributed by atoms with Crippen molar-refractivity contribution in [1.29, 1.82) is 0 Å². The van der Waals surface area contributed by atoms with Gasteiger partial charge in [0.15, 0.2) is 0 Å². The van der Waals surface area contributed by atoms with Gasteiger partial charge in [-0.15, -0.1) is 10.2 Å². The molecule has 2 aromatic heterocycles. The normalized spacial score (nSPS) is 10.2. The fourth-order valence-electron chi connectivity index (χ4n) is 3.04. The molecular weight excluding hydrogens is 434 g/mol. The summed E-state index contributed by atoms with van der Waals surface area (Å²) in [6, 6.07) is 15.3. The summed E-state index contributed by atoms with van der Waals surface area (Å²) >= 11 is 0. The van der Waals surface area contributed by atoms with E-state index < -0.39 is 0 Å². The number of aryl methyl sites for hydroxylation is 1. The zero-order valence-electron chi connectivity index (χ0n) is 19.3.